The van der Waals surface area contributed by atoms with Crippen LogP contribution in [-0.4, -0.2) is 11.3 Å². The summed E-state index contributed by atoms with van der Waals surface area (Å²) in [6.07, 6.45) is 1.59. The average Bonchev–Trinajstić information content (AvgIpc) is 2.52. The third-order valence-electron chi connectivity index (χ3n) is 2.79. The standard InChI is InChI=1S/C15H12Cl3N3OS/c16-12-5-6-13(17)14(18)11(12)8-22-10-3-1-9(2-4-10)7-20-21-15(19)23/h1-7H,8H2,(H3,19,21,23). The Hall–Kier alpha value is -1.53. The van der Waals surface area contributed by atoms with Crippen LogP contribution in [0.2, 0.25) is 15.1 Å². The highest BCUT2D eigenvalue weighted by Crippen LogP contribution is 2.32. The zero-order valence-electron chi connectivity index (χ0n) is 11.7. The van der Waals surface area contributed by atoms with Crippen LogP contribution in [0.25, 0.3) is 0 Å². The number of thiocarbonyl (C=S) groups is 1. The number of hydrogen-bond acceptors (Lipinski definition) is 3. The molecular formula is C15H12Cl3N3OS. The Balaban J connectivity index is 2.01. The van der Waals surface area contributed by atoms with Crippen LogP contribution in [0.1, 0.15) is 11.1 Å². The highest BCUT2D eigenvalue weighted by molar-refractivity contribution is 7.80. The number of rotatable bonds is 5. The van der Waals surface area contributed by atoms with E-state index in [1.807, 2.05) is 12.1 Å². The highest BCUT2D eigenvalue weighted by Gasteiger charge is 2.10. The van der Waals surface area contributed by atoms with Crippen LogP contribution < -0.4 is 15.9 Å². The van der Waals surface area contributed by atoms with Gasteiger partial charge in [-0.1, -0.05) is 34.8 Å². The molecule has 2 rings (SSSR count). The fourth-order valence-electron chi connectivity index (χ4n) is 1.68. The number of halogens is 3. The van der Waals surface area contributed by atoms with Gasteiger partial charge in [0, 0.05) is 10.6 Å². The van der Waals surface area contributed by atoms with Gasteiger partial charge in [-0.05, 0) is 54.2 Å². The van der Waals surface area contributed by atoms with Crippen molar-refractivity contribution in [3.05, 3.63) is 62.6 Å². The highest BCUT2D eigenvalue weighted by atomic mass is 35.5. The van der Waals surface area contributed by atoms with E-state index in [9.17, 15) is 0 Å². The molecule has 0 aliphatic heterocycles. The van der Waals surface area contributed by atoms with Crippen molar-refractivity contribution in [3.8, 4) is 5.75 Å². The summed E-state index contributed by atoms with van der Waals surface area (Å²) in [5.74, 6) is 0.663. The lowest BCUT2D eigenvalue weighted by atomic mass is 10.2. The molecule has 2 aromatic carbocycles. The number of hydrazone groups is 1. The molecule has 0 saturated heterocycles. The zero-order chi connectivity index (χ0) is 16.8. The van der Waals surface area contributed by atoms with Crippen molar-refractivity contribution in [1.82, 2.24) is 5.43 Å². The quantitative estimate of drug-likeness (QED) is 0.345. The molecule has 0 fully saturated rings. The van der Waals surface area contributed by atoms with Crippen LogP contribution in [0.3, 0.4) is 0 Å². The van der Waals surface area contributed by atoms with E-state index in [1.165, 1.54) is 0 Å². The summed E-state index contributed by atoms with van der Waals surface area (Å²) in [7, 11) is 0. The van der Waals surface area contributed by atoms with E-state index in [0.29, 0.717) is 26.4 Å². The average molecular weight is 389 g/mol. The van der Waals surface area contributed by atoms with Crippen molar-refractivity contribution in [1.29, 1.82) is 0 Å². The Morgan fingerprint density at radius 3 is 2.43 bits per heavy atom. The van der Waals surface area contributed by atoms with E-state index in [2.05, 4.69) is 22.7 Å². The van der Waals surface area contributed by atoms with Crippen molar-refractivity contribution in [2.75, 3.05) is 0 Å². The number of ether oxygens (including phenoxy) is 1. The number of nitrogens with one attached hydrogen (secondary N) is 1. The van der Waals surface area contributed by atoms with E-state index in [1.54, 1.807) is 30.5 Å². The maximum atomic E-state index is 6.13. The second-order valence-electron chi connectivity index (χ2n) is 4.41. The minimum Gasteiger partial charge on any atom is -0.489 e. The third-order valence-corrected chi connectivity index (χ3v) is 4.08. The predicted octanol–water partition coefficient (Wildman–Crippen LogP) is 4.39. The summed E-state index contributed by atoms with van der Waals surface area (Å²) < 4.78 is 5.68. The Morgan fingerprint density at radius 1 is 1.13 bits per heavy atom. The molecule has 0 unspecified atom stereocenters. The first kappa shape index (κ1) is 17.8. The molecule has 0 atom stereocenters. The van der Waals surface area contributed by atoms with E-state index >= 15 is 0 Å². The van der Waals surface area contributed by atoms with Gasteiger partial charge in [-0.15, -0.1) is 0 Å². The molecule has 0 aromatic heterocycles. The van der Waals surface area contributed by atoms with Crippen LogP contribution in [0.4, 0.5) is 0 Å². The van der Waals surface area contributed by atoms with Crippen LogP contribution in [0, 0.1) is 0 Å². The molecule has 0 bridgehead atoms. The normalized spacial score (nSPS) is 10.7. The minimum absolute atomic E-state index is 0.108. The number of benzene rings is 2. The second-order valence-corrected chi connectivity index (χ2v) is 6.05. The third kappa shape index (κ3) is 5.25. The predicted molar refractivity (Wildman–Crippen MR) is 99.8 cm³/mol. The van der Waals surface area contributed by atoms with Crippen molar-refractivity contribution >= 4 is 58.3 Å². The van der Waals surface area contributed by atoms with Gasteiger partial charge in [0.05, 0.1) is 16.3 Å². The smallest absolute Gasteiger partial charge is 0.184 e. The molecule has 0 saturated carbocycles. The van der Waals surface area contributed by atoms with Gasteiger partial charge in [-0.25, -0.2) is 0 Å². The van der Waals surface area contributed by atoms with Gasteiger partial charge in [0.25, 0.3) is 0 Å². The summed E-state index contributed by atoms with van der Waals surface area (Å²) in [6, 6.07) is 10.6. The van der Waals surface area contributed by atoms with Crippen molar-refractivity contribution in [2.45, 2.75) is 6.61 Å². The molecule has 0 radical (unpaired) electrons. The van der Waals surface area contributed by atoms with Gasteiger partial charge in [-0.2, -0.15) is 5.10 Å². The van der Waals surface area contributed by atoms with Crippen LogP contribution in [0.5, 0.6) is 5.75 Å². The Bertz CT molecular complexity index is 735. The van der Waals surface area contributed by atoms with Gasteiger partial charge in [0.15, 0.2) is 5.11 Å². The summed E-state index contributed by atoms with van der Waals surface area (Å²) in [5, 5.41) is 5.31. The molecular weight excluding hydrogens is 377 g/mol. The molecule has 0 aliphatic rings. The number of nitrogens with zero attached hydrogens (tertiary/aromatic N) is 1. The molecule has 2 aromatic rings. The molecule has 3 N–H and O–H groups in total. The van der Waals surface area contributed by atoms with Crippen LogP contribution in [-0.2, 0) is 6.61 Å². The summed E-state index contributed by atoms with van der Waals surface area (Å²) in [4.78, 5) is 0. The van der Waals surface area contributed by atoms with Crippen LogP contribution in [0.15, 0.2) is 41.5 Å². The Morgan fingerprint density at radius 2 is 1.78 bits per heavy atom. The maximum Gasteiger partial charge on any atom is 0.184 e. The molecule has 0 heterocycles. The Labute approximate surface area is 154 Å². The Kier molecular flexibility index (Phi) is 6.47. The molecule has 0 aliphatic carbocycles. The lowest BCUT2D eigenvalue weighted by molar-refractivity contribution is 0.306. The van der Waals surface area contributed by atoms with E-state index < -0.39 is 0 Å². The fraction of sp³-hybridized carbons (Fsp3) is 0.0667. The van der Waals surface area contributed by atoms with E-state index in [4.69, 9.17) is 45.3 Å². The lowest BCUT2D eigenvalue weighted by Gasteiger charge is -2.10. The zero-order valence-corrected chi connectivity index (χ0v) is 14.8. The van der Waals surface area contributed by atoms with Gasteiger partial charge in [-0.3, -0.25) is 5.43 Å². The second kappa shape index (κ2) is 8.36. The minimum atomic E-state index is 0.108. The van der Waals surface area contributed by atoms with E-state index in [0.717, 1.165) is 5.56 Å². The van der Waals surface area contributed by atoms with Gasteiger partial charge in [0.2, 0.25) is 0 Å². The summed E-state index contributed by atoms with van der Waals surface area (Å²) >= 11 is 22.9. The van der Waals surface area contributed by atoms with Gasteiger partial charge in [0.1, 0.15) is 12.4 Å². The molecule has 4 nitrogen and oxygen atoms in total. The fourth-order valence-corrected chi connectivity index (χ4v) is 2.39. The van der Waals surface area contributed by atoms with Crippen molar-refractivity contribution < 1.29 is 4.74 Å². The number of nitrogens with two attached hydrogens (primary N) is 1. The molecule has 8 heteroatoms. The number of hydrogen-bond donors (Lipinski definition) is 2. The molecule has 23 heavy (non-hydrogen) atoms. The first-order valence-electron chi connectivity index (χ1n) is 6.41. The molecule has 120 valence electrons. The van der Waals surface area contributed by atoms with E-state index in [-0.39, 0.29) is 11.7 Å². The van der Waals surface area contributed by atoms with Crippen LogP contribution >= 0.6 is 47.0 Å². The first-order valence-corrected chi connectivity index (χ1v) is 7.95. The molecule has 0 amide bonds. The monoisotopic (exact) mass is 387 g/mol. The summed E-state index contributed by atoms with van der Waals surface area (Å²) in [5.41, 5.74) is 9.25. The first-order chi connectivity index (χ1) is 11.0. The topological polar surface area (TPSA) is 59.6 Å². The van der Waals surface area contributed by atoms with Gasteiger partial charge >= 0.3 is 0 Å². The summed E-state index contributed by atoms with van der Waals surface area (Å²) in [6.45, 7) is 0.217. The van der Waals surface area contributed by atoms with Gasteiger partial charge < -0.3 is 10.5 Å². The largest absolute Gasteiger partial charge is 0.489 e. The lowest BCUT2D eigenvalue weighted by Crippen LogP contribution is -2.23. The molecule has 0 spiro atoms. The van der Waals surface area contributed by atoms with Crippen molar-refractivity contribution in [2.24, 2.45) is 10.8 Å². The van der Waals surface area contributed by atoms with Crippen molar-refractivity contribution in [3.63, 3.8) is 0 Å². The maximum absolute atomic E-state index is 6.13. The SMILES string of the molecule is NC(=S)NN=Cc1ccc(OCc2c(Cl)ccc(Cl)c2Cl)cc1.